The maximum atomic E-state index is 12.7. The Morgan fingerprint density at radius 3 is 2.50 bits per heavy atom. The van der Waals surface area contributed by atoms with Gasteiger partial charge in [-0.1, -0.05) is 26.8 Å². The third-order valence-corrected chi connectivity index (χ3v) is 7.50. The van der Waals surface area contributed by atoms with E-state index in [4.69, 9.17) is 17.0 Å². The number of rotatable bonds is 6. The lowest BCUT2D eigenvalue weighted by Gasteiger charge is -2.29. The van der Waals surface area contributed by atoms with Crippen LogP contribution in [0, 0.1) is 19.3 Å². The van der Waals surface area contributed by atoms with Crippen molar-refractivity contribution in [3.05, 3.63) is 95.8 Å². The number of amides is 1. The molecule has 5 rings (SSSR count). The molecule has 2 N–H and O–H groups in total. The molecule has 206 valence electrons. The highest BCUT2D eigenvalue weighted by Crippen LogP contribution is 2.45. The molecule has 1 aliphatic heterocycles. The number of pyridine rings is 2. The number of nitrogens with zero attached hydrogens (tertiary/aromatic N) is 4. The second kappa shape index (κ2) is 10.7. The Kier molecular flexibility index (Phi) is 7.33. The van der Waals surface area contributed by atoms with Crippen LogP contribution in [0.3, 0.4) is 0 Å². The number of benzene rings is 1. The lowest BCUT2D eigenvalue weighted by atomic mass is 9.95. The summed E-state index contributed by atoms with van der Waals surface area (Å²) in [7, 11) is 1.60. The maximum Gasteiger partial charge on any atom is 0.229 e. The summed E-state index contributed by atoms with van der Waals surface area (Å²) in [5.41, 5.74) is 6.11. The van der Waals surface area contributed by atoms with Crippen LogP contribution in [0.2, 0.25) is 0 Å². The fourth-order valence-corrected chi connectivity index (χ4v) is 5.51. The first-order chi connectivity index (χ1) is 19.1. The van der Waals surface area contributed by atoms with Gasteiger partial charge in [-0.25, -0.2) is 0 Å². The van der Waals surface area contributed by atoms with Gasteiger partial charge in [0.05, 0.1) is 42.5 Å². The van der Waals surface area contributed by atoms with Gasteiger partial charge in [0, 0.05) is 41.0 Å². The van der Waals surface area contributed by atoms with Crippen molar-refractivity contribution in [2.75, 3.05) is 17.3 Å². The van der Waals surface area contributed by atoms with Crippen LogP contribution in [0.25, 0.3) is 5.69 Å². The van der Waals surface area contributed by atoms with Crippen molar-refractivity contribution in [2.45, 2.75) is 46.7 Å². The summed E-state index contributed by atoms with van der Waals surface area (Å²) in [6.07, 6.45) is 5.44. The Morgan fingerprint density at radius 2 is 1.85 bits per heavy atom. The van der Waals surface area contributed by atoms with E-state index in [-0.39, 0.29) is 18.0 Å². The number of hydrogen-bond donors (Lipinski definition) is 2. The molecule has 0 aliphatic carbocycles. The van der Waals surface area contributed by atoms with Crippen LogP contribution in [-0.4, -0.2) is 32.7 Å². The molecule has 9 heteroatoms. The van der Waals surface area contributed by atoms with E-state index in [9.17, 15) is 4.79 Å². The number of ether oxygens (including phenoxy) is 1. The van der Waals surface area contributed by atoms with Crippen LogP contribution in [-0.2, 0) is 4.79 Å². The molecule has 8 nitrogen and oxygen atoms in total. The maximum absolute atomic E-state index is 12.7. The third kappa shape index (κ3) is 5.04. The van der Waals surface area contributed by atoms with Crippen molar-refractivity contribution in [3.63, 3.8) is 0 Å². The largest absolute Gasteiger partial charge is 0.494 e. The monoisotopic (exact) mass is 554 g/mol. The lowest BCUT2D eigenvalue weighted by molar-refractivity contribution is -0.123. The number of aryl methyl sites for hydroxylation is 1. The summed E-state index contributed by atoms with van der Waals surface area (Å²) in [5, 5.41) is 7.11. The Labute approximate surface area is 240 Å². The molecular weight excluding hydrogens is 520 g/mol. The number of nitrogens with one attached hydrogen (secondary N) is 2. The van der Waals surface area contributed by atoms with E-state index in [2.05, 4.69) is 56.0 Å². The first-order valence-electron chi connectivity index (χ1n) is 13.2. The minimum absolute atomic E-state index is 0.0900. The van der Waals surface area contributed by atoms with E-state index in [0.717, 1.165) is 34.0 Å². The van der Waals surface area contributed by atoms with E-state index >= 15 is 0 Å². The van der Waals surface area contributed by atoms with Crippen molar-refractivity contribution in [2.24, 2.45) is 5.41 Å². The Hall–Kier alpha value is -4.24. The normalized spacial score (nSPS) is 17.1. The molecule has 0 radical (unpaired) electrons. The second-order valence-electron chi connectivity index (χ2n) is 11.0. The van der Waals surface area contributed by atoms with Gasteiger partial charge in [0.1, 0.15) is 5.75 Å². The molecule has 40 heavy (non-hydrogen) atoms. The summed E-state index contributed by atoms with van der Waals surface area (Å²) in [6, 6.07) is 17.5. The Morgan fingerprint density at radius 1 is 1.05 bits per heavy atom. The summed E-state index contributed by atoms with van der Waals surface area (Å²) in [6.45, 7) is 9.85. The van der Waals surface area contributed by atoms with Crippen molar-refractivity contribution in [1.82, 2.24) is 19.9 Å². The highest BCUT2D eigenvalue weighted by Gasteiger charge is 2.42. The molecule has 1 saturated heterocycles. The number of aromatic nitrogens is 3. The van der Waals surface area contributed by atoms with Gasteiger partial charge in [0.15, 0.2) is 5.11 Å². The number of carbonyl (C=O) groups is 1. The van der Waals surface area contributed by atoms with E-state index in [0.29, 0.717) is 16.5 Å². The van der Waals surface area contributed by atoms with Crippen LogP contribution in [0.5, 0.6) is 5.75 Å². The SMILES string of the molecule is COc1cc(N2C(=S)N[C@H](c3ccccn3)[C@H]2c2cc(C)n(-c3cccnc3)c2C)ccc1NC(=O)C(C)(C)C. The summed E-state index contributed by atoms with van der Waals surface area (Å²) < 4.78 is 7.93. The number of methoxy groups -OCH3 is 1. The molecule has 0 unspecified atom stereocenters. The van der Waals surface area contributed by atoms with Gasteiger partial charge in [-0.15, -0.1) is 0 Å². The Bertz CT molecular complexity index is 1550. The van der Waals surface area contributed by atoms with Crippen LogP contribution < -0.4 is 20.3 Å². The highest BCUT2D eigenvalue weighted by molar-refractivity contribution is 7.80. The number of anilines is 2. The number of hydrogen-bond acceptors (Lipinski definition) is 5. The topological polar surface area (TPSA) is 84.3 Å². The smallest absolute Gasteiger partial charge is 0.229 e. The highest BCUT2D eigenvalue weighted by atomic mass is 32.1. The molecule has 4 heterocycles. The first kappa shape index (κ1) is 27.3. The van der Waals surface area contributed by atoms with Crippen LogP contribution in [0.4, 0.5) is 11.4 Å². The van der Waals surface area contributed by atoms with E-state index in [1.54, 1.807) is 19.5 Å². The van der Waals surface area contributed by atoms with Crippen molar-refractivity contribution < 1.29 is 9.53 Å². The first-order valence-corrected chi connectivity index (χ1v) is 13.6. The summed E-state index contributed by atoms with van der Waals surface area (Å²) in [5.74, 6) is 0.464. The summed E-state index contributed by atoms with van der Waals surface area (Å²) in [4.78, 5) is 23.8. The molecule has 1 aliphatic rings. The van der Waals surface area contributed by atoms with Crippen molar-refractivity contribution in [1.29, 1.82) is 0 Å². The number of carbonyl (C=O) groups excluding carboxylic acids is 1. The van der Waals surface area contributed by atoms with Gasteiger partial charge in [-0.3, -0.25) is 14.8 Å². The lowest BCUT2D eigenvalue weighted by Crippen LogP contribution is -2.30. The molecule has 3 aromatic heterocycles. The van der Waals surface area contributed by atoms with Gasteiger partial charge >= 0.3 is 0 Å². The molecule has 0 saturated carbocycles. The zero-order valence-electron chi connectivity index (χ0n) is 23.6. The third-order valence-electron chi connectivity index (χ3n) is 7.18. The van der Waals surface area contributed by atoms with E-state index in [1.807, 2.05) is 69.4 Å². The number of thiocarbonyl (C=S) groups is 1. The van der Waals surface area contributed by atoms with Crippen molar-refractivity contribution in [3.8, 4) is 11.4 Å². The van der Waals surface area contributed by atoms with Gasteiger partial charge in [-0.2, -0.15) is 0 Å². The predicted molar refractivity (Wildman–Crippen MR) is 162 cm³/mol. The molecule has 1 fully saturated rings. The predicted octanol–water partition coefficient (Wildman–Crippen LogP) is 6.05. The molecule has 4 aromatic rings. The molecule has 0 spiro atoms. The zero-order chi connectivity index (χ0) is 28.6. The fourth-order valence-electron chi connectivity index (χ4n) is 5.16. The van der Waals surface area contributed by atoms with Gasteiger partial charge < -0.3 is 24.8 Å². The van der Waals surface area contributed by atoms with Crippen LogP contribution in [0.15, 0.2) is 73.2 Å². The molecule has 1 amide bonds. The minimum Gasteiger partial charge on any atom is -0.494 e. The molecule has 2 atom stereocenters. The molecule has 0 bridgehead atoms. The minimum atomic E-state index is -0.540. The van der Waals surface area contributed by atoms with Gasteiger partial charge in [0.2, 0.25) is 5.91 Å². The van der Waals surface area contributed by atoms with Gasteiger partial charge in [-0.05, 0) is 74.1 Å². The van der Waals surface area contributed by atoms with Gasteiger partial charge in [0.25, 0.3) is 0 Å². The van der Waals surface area contributed by atoms with E-state index in [1.165, 1.54) is 0 Å². The van der Waals surface area contributed by atoms with Crippen LogP contribution >= 0.6 is 12.2 Å². The fraction of sp³-hybridized carbons (Fsp3) is 0.290. The molecular formula is C31H34N6O2S. The second-order valence-corrected chi connectivity index (χ2v) is 11.3. The average molecular weight is 555 g/mol. The average Bonchev–Trinajstić information content (AvgIpc) is 3.44. The standard InChI is InChI=1S/C31H34N6O2S/c1-19-16-23(20(2)36(19)22-10-9-14-32-18-22)28-27(25-11-7-8-15-33-25)35-30(40)37(28)21-12-13-24(26(17-21)39-6)34-29(38)31(3,4)5/h7-18,27-28H,1-6H3,(H,34,38)(H,35,40)/t27-,28-/m1/s1. The quantitative estimate of drug-likeness (QED) is 0.281. The van der Waals surface area contributed by atoms with Crippen molar-refractivity contribution >= 4 is 34.6 Å². The summed E-state index contributed by atoms with van der Waals surface area (Å²) >= 11 is 5.94. The Balaban J connectivity index is 1.62. The molecule has 1 aromatic carbocycles. The van der Waals surface area contributed by atoms with E-state index < -0.39 is 5.41 Å². The zero-order valence-corrected chi connectivity index (χ0v) is 24.4. The van der Waals surface area contributed by atoms with Crippen LogP contribution in [0.1, 0.15) is 55.5 Å².